The summed E-state index contributed by atoms with van der Waals surface area (Å²) < 4.78 is 13.6. The molecule has 1 N–H and O–H groups in total. The van der Waals surface area contributed by atoms with Crippen LogP contribution in [0.2, 0.25) is 0 Å². The Morgan fingerprint density at radius 1 is 1.22 bits per heavy atom. The van der Waals surface area contributed by atoms with Gasteiger partial charge in [-0.15, -0.1) is 0 Å². The van der Waals surface area contributed by atoms with Crippen molar-refractivity contribution in [1.29, 1.82) is 0 Å². The number of anilines is 1. The average molecular weight is 245 g/mol. The molecule has 0 unspecified atom stereocenters. The van der Waals surface area contributed by atoms with E-state index in [0.717, 1.165) is 17.9 Å². The largest absolute Gasteiger partial charge is 0.373 e. The molecule has 0 saturated heterocycles. The predicted molar refractivity (Wildman–Crippen MR) is 70.2 cm³/mol. The smallest absolute Gasteiger partial charge is 0.135 e. The van der Waals surface area contributed by atoms with E-state index in [2.05, 4.69) is 15.3 Å². The lowest BCUT2D eigenvalue weighted by Gasteiger charge is -2.07. The molecule has 94 valence electrons. The molecule has 4 heteroatoms. The van der Waals surface area contributed by atoms with Crippen molar-refractivity contribution >= 4 is 5.82 Å². The molecule has 1 heterocycles. The van der Waals surface area contributed by atoms with Crippen LogP contribution < -0.4 is 5.32 Å². The quantitative estimate of drug-likeness (QED) is 0.900. The Kier molecular flexibility index (Phi) is 3.87. The first-order valence-electron chi connectivity index (χ1n) is 6.01. The number of benzene rings is 1. The van der Waals surface area contributed by atoms with E-state index in [1.165, 1.54) is 6.07 Å². The highest BCUT2D eigenvalue weighted by Crippen LogP contribution is 2.13. The van der Waals surface area contributed by atoms with Crippen molar-refractivity contribution in [2.45, 2.75) is 19.8 Å². The SMILES string of the molecule is CCc1cc(NC)nc(Cc2ccccc2F)n1. The molecule has 0 aliphatic heterocycles. The fourth-order valence-electron chi connectivity index (χ4n) is 1.75. The summed E-state index contributed by atoms with van der Waals surface area (Å²) in [7, 11) is 1.81. The molecule has 2 rings (SSSR count). The number of nitrogens with zero attached hydrogens (tertiary/aromatic N) is 2. The lowest BCUT2D eigenvalue weighted by molar-refractivity contribution is 0.612. The van der Waals surface area contributed by atoms with Crippen molar-refractivity contribution < 1.29 is 4.39 Å². The zero-order valence-electron chi connectivity index (χ0n) is 10.6. The summed E-state index contributed by atoms with van der Waals surface area (Å²) >= 11 is 0. The van der Waals surface area contributed by atoms with Crippen molar-refractivity contribution in [3.63, 3.8) is 0 Å². The Bertz CT molecular complexity index is 518. The fraction of sp³-hybridized carbons (Fsp3) is 0.286. The first-order valence-corrected chi connectivity index (χ1v) is 6.01. The Balaban J connectivity index is 2.31. The highest BCUT2D eigenvalue weighted by atomic mass is 19.1. The molecule has 0 saturated carbocycles. The maximum Gasteiger partial charge on any atom is 0.135 e. The number of hydrogen-bond donors (Lipinski definition) is 1. The predicted octanol–water partition coefficient (Wildman–Crippen LogP) is 2.81. The van der Waals surface area contributed by atoms with Crippen LogP contribution in [-0.2, 0) is 12.8 Å². The number of aromatic nitrogens is 2. The third kappa shape index (κ3) is 2.83. The maximum atomic E-state index is 13.6. The lowest BCUT2D eigenvalue weighted by atomic mass is 10.1. The molecule has 1 aromatic heterocycles. The van der Waals surface area contributed by atoms with E-state index in [0.29, 0.717) is 17.8 Å². The minimum atomic E-state index is -0.214. The first-order chi connectivity index (χ1) is 8.72. The van der Waals surface area contributed by atoms with Crippen molar-refractivity contribution in [3.8, 4) is 0 Å². The highest BCUT2D eigenvalue weighted by Gasteiger charge is 2.07. The number of nitrogens with one attached hydrogen (secondary N) is 1. The molecular formula is C14H16FN3. The van der Waals surface area contributed by atoms with E-state index in [-0.39, 0.29) is 5.82 Å². The van der Waals surface area contributed by atoms with E-state index < -0.39 is 0 Å². The summed E-state index contributed by atoms with van der Waals surface area (Å²) in [5.74, 6) is 1.20. The summed E-state index contributed by atoms with van der Waals surface area (Å²) in [6.45, 7) is 2.04. The second kappa shape index (κ2) is 5.58. The van der Waals surface area contributed by atoms with Crippen molar-refractivity contribution in [2.75, 3.05) is 12.4 Å². The van der Waals surface area contributed by atoms with Gasteiger partial charge in [0.05, 0.1) is 0 Å². The van der Waals surface area contributed by atoms with Crippen LogP contribution in [0, 0.1) is 5.82 Å². The number of rotatable bonds is 4. The number of halogens is 1. The number of hydrogen-bond acceptors (Lipinski definition) is 3. The van der Waals surface area contributed by atoms with Gasteiger partial charge in [0.25, 0.3) is 0 Å². The van der Waals surface area contributed by atoms with Gasteiger partial charge in [0.2, 0.25) is 0 Å². The van der Waals surface area contributed by atoms with Gasteiger partial charge >= 0.3 is 0 Å². The minimum absolute atomic E-state index is 0.214. The van der Waals surface area contributed by atoms with Crippen LogP contribution in [0.5, 0.6) is 0 Å². The lowest BCUT2D eigenvalue weighted by Crippen LogP contribution is -2.04. The van der Waals surface area contributed by atoms with Crippen LogP contribution in [0.25, 0.3) is 0 Å². The fourth-order valence-corrected chi connectivity index (χ4v) is 1.75. The molecule has 0 atom stereocenters. The van der Waals surface area contributed by atoms with Crippen molar-refractivity contribution in [2.24, 2.45) is 0 Å². The topological polar surface area (TPSA) is 37.8 Å². The molecular weight excluding hydrogens is 229 g/mol. The second-order valence-corrected chi connectivity index (χ2v) is 4.03. The molecule has 0 amide bonds. The van der Waals surface area contributed by atoms with Gasteiger partial charge in [-0.1, -0.05) is 25.1 Å². The Labute approximate surface area is 106 Å². The Hall–Kier alpha value is -1.97. The molecule has 2 aromatic rings. The summed E-state index contributed by atoms with van der Waals surface area (Å²) in [6, 6.07) is 8.63. The molecule has 18 heavy (non-hydrogen) atoms. The van der Waals surface area contributed by atoms with Crippen molar-refractivity contribution in [3.05, 3.63) is 53.2 Å². The van der Waals surface area contributed by atoms with Crippen LogP contribution >= 0.6 is 0 Å². The average Bonchev–Trinajstić information content (AvgIpc) is 2.41. The molecule has 0 radical (unpaired) electrons. The third-order valence-corrected chi connectivity index (χ3v) is 2.75. The number of aryl methyl sites for hydroxylation is 1. The van der Waals surface area contributed by atoms with Gasteiger partial charge in [0, 0.05) is 25.2 Å². The van der Waals surface area contributed by atoms with Gasteiger partial charge in [-0.3, -0.25) is 0 Å². The normalized spacial score (nSPS) is 10.4. The van der Waals surface area contributed by atoms with Gasteiger partial charge in [-0.2, -0.15) is 0 Å². The van der Waals surface area contributed by atoms with E-state index in [1.807, 2.05) is 26.1 Å². The molecule has 0 aliphatic carbocycles. The van der Waals surface area contributed by atoms with Gasteiger partial charge < -0.3 is 5.32 Å². The third-order valence-electron chi connectivity index (χ3n) is 2.75. The van der Waals surface area contributed by atoms with Crippen LogP contribution in [0.3, 0.4) is 0 Å². The zero-order valence-corrected chi connectivity index (χ0v) is 10.6. The molecule has 3 nitrogen and oxygen atoms in total. The molecule has 0 bridgehead atoms. The van der Waals surface area contributed by atoms with E-state index in [1.54, 1.807) is 12.1 Å². The minimum Gasteiger partial charge on any atom is -0.373 e. The maximum absolute atomic E-state index is 13.6. The van der Waals surface area contributed by atoms with Gasteiger partial charge in [0.1, 0.15) is 17.5 Å². The van der Waals surface area contributed by atoms with Crippen LogP contribution in [-0.4, -0.2) is 17.0 Å². The van der Waals surface area contributed by atoms with Gasteiger partial charge in [-0.05, 0) is 18.1 Å². The second-order valence-electron chi connectivity index (χ2n) is 4.03. The van der Waals surface area contributed by atoms with Crippen LogP contribution in [0.4, 0.5) is 10.2 Å². The van der Waals surface area contributed by atoms with Crippen LogP contribution in [0.1, 0.15) is 24.0 Å². The molecule has 1 aromatic carbocycles. The zero-order chi connectivity index (χ0) is 13.0. The van der Waals surface area contributed by atoms with Gasteiger partial charge in [-0.25, -0.2) is 14.4 Å². The first kappa shape index (κ1) is 12.5. The summed E-state index contributed by atoms with van der Waals surface area (Å²) in [4.78, 5) is 8.77. The van der Waals surface area contributed by atoms with Gasteiger partial charge in [0.15, 0.2) is 0 Å². The summed E-state index contributed by atoms with van der Waals surface area (Å²) in [6.07, 6.45) is 1.25. The molecule has 0 fully saturated rings. The molecule has 0 spiro atoms. The van der Waals surface area contributed by atoms with E-state index in [4.69, 9.17) is 0 Å². The monoisotopic (exact) mass is 245 g/mol. The molecule has 0 aliphatic rings. The van der Waals surface area contributed by atoms with Crippen molar-refractivity contribution in [1.82, 2.24) is 9.97 Å². The highest BCUT2D eigenvalue weighted by molar-refractivity contribution is 5.36. The van der Waals surface area contributed by atoms with E-state index in [9.17, 15) is 4.39 Å². The summed E-state index contributed by atoms with van der Waals surface area (Å²) in [5.41, 5.74) is 1.58. The summed E-state index contributed by atoms with van der Waals surface area (Å²) in [5, 5.41) is 3.00. The van der Waals surface area contributed by atoms with E-state index >= 15 is 0 Å². The Morgan fingerprint density at radius 3 is 2.67 bits per heavy atom. The van der Waals surface area contributed by atoms with Crippen LogP contribution in [0.15, 0.2) is 30.3 Å². The standard InChI is InChI=1S/C14H16FN3/c1-3-11-9-13(16-2)18-14(17-11)8-10-6-4-5-7-12(10)15/h4-7,9H,3,8H2,1-2H3,(H,16,17,18). The Morgan fingerprint density at radius 2 is 2.00 bits per heavy atom.